The normalized spacial score (nSPS) is 53.1. The van der Waals surface area contributed by atoms with Crippen molar-refractivity contribution in [2.45, 2.75) is 54.1 Å². The summed E-state index contributed by atoms with van der Waals surface area (Å²) in [6.07, 6.45) is -12.2. The fourth-order valence-electron chi connectivity index (χ4n) is 3.24. The molecular weight excluding hydrogens is 332 g/mol. The third kappa shape index (κ3) is 2.66. The summed E-state index contributed by atoms with van der Waals surface area (Å²) in [5.41, 5.74) is -5.62. The molecule has 2 aliphatic heterocycles. The molecule has 2 heterocycles. The van der Waals surface area contributed by atoms with E-state index in [1.54, 1.807) is 0 Å². The molecule has 24 heavy (non-hydrogen) atoms. The highest BCUT2D eigenvalue weighted by atomic mass is 16.7. The van der Waals surface area contributed by atoms with Crippen molar-refractivity contribution in [1.82, 2.24) is 0 Å². The SMILES string of the molecule is CO[C@H]1O[C@H](CO)[C@@H](O)[C@@](O)([C@]2(O)CO[C@H](CO)[C@@H](O)[C@@H]2O)[C@@H]1O. The highest BCUT2D eigenvalue weighted by molar-refractivity contribution is 5.18. The Balaban J connectivity index is 2.44. The second-order valence-corrected chi connectivity index (χ2v) is 6.07. The Kier molecular flexibility index (Phi) is 5.84. The van der Waals surface area contributed by atoms with Crippen LogP contribution in [0.3, 0.4) is 0 Å². The first kappa shape index (κ1) is 19.9. The maximum absolute atomic E-state index is 10.9. The van der Waals surface area contributed by atoms with Gasteiger partial charge in [-0.3, -0.25) is 0 Å². The van der Waals surface area contributed by atoms with Gasteiger partial charge in [-0.25, -0.2) is 0 Å². The lowest BCUT2D eigenvalue weighted by Gasteiger charge is -2.57. The minimum Gasteiger partial charge on any atom is -0.394 e. The third-order valence-electron chi connectivity index (χ3n) is 4.82. The van der Waals surface area contributed by atoms with Gasteiger partial charge in [0.2, 0.25) is 0 Å². The van der Waals surface area contributed by atoms with E-state index in [0.29, 0.717) is 0 Å². The Hall–Kier alpha value is -0.440. The Morgan fingerprint density at radius 3 is 2.04 bits per heavy atom. The number of hydrogen-bond acceptors (Lipinski definition) is 11. The Bertz CT molecular complexity index is 418. The molecular formula is C13H24O11. The number of aliphatic hydroxyl groups excluding tert-OH is 6. The van der Waals surface area contributed by atoms with Crippen molar-refractivity contribution in [3.8, 4) is 0 Å². The van der Waals surface area contributed by atoms with E-state index in [1.807, 2.05) is 0 Å². The molecule has 9 atom stereocenters. The van der Waals surface area contributed by atoms with Crippen molar-refractivity contribution in [3.63, 3.8) is 0 Å². The standard InChI is InChI=1S/C13H24O11/c1-22-11-10(19)13(21,8(17)6(3-15)24-11)12(20)4-23-5(2-14)7(16)9(12)18/h5-11,14-21H,2-4H2,1H3/t5-,6-,7-,8-,9+,10-,11+,12+,13+/m1/s1. The van der Waals surface area contributed by atoms with Gasteiger partial charge in [0, 0.05) is 7.11 Å². The molecule has 11 heteroatoms. The van der Waals surface area contributed by atoms with Crippen LogP contribution in [0.4, 0.5) is 0 Å². The lowest BCUT2D eigenvalue weighted by atomic mass is 9.66. The fourth-order valence-corrected chi connectivity index (χ4v) is 3.24. The fraction of sp³-hybridized carbons (Fsp3) is 1.00. The summed E-state index contributed by atoms with van der Waals surface area (Å²) in [6, 6.07) is 0. The lowest BCUT2D eigenvalue weighted by molar-refractivity contribution is -0.391. The van der Waals surface area contributed by atoms with Gasteiger partial charge in [-0.1, -0.05) is 0 Å². The van der Waals surface area contributed by atoms with Crippen LogP contribution >= 0.6 is 0 Å². The van der Waals surface area contributed by atoms with Crippen LogP contribution in [0.1, 0.15) is 0 Å². The van der Waals surface area contributed by atoms with Crippen molar-refractivity contribution in [3.05, 3.63) is 0 Å². The number of rotatable bonds is 4. The zero-order valence-corrected chi connectivity index (χ0v) is 13.0. The van der Waals surface area contributed by atoms with E-state index in [2.05, 4.69) is 0 Å². The van der Waals surface area contributed by atoms with E-state index in [9.17, 15) is 35.7 Å². The number of ether oxygens (including phenoxy) is 3. The van der Waals surface area contributed by atoms with Crippen LogP contribution in [0.25, 0.3) is 0 Å². The number of hydrogen-bond donors (Lipinski definition) is 8. The maximum atomic E-state index is 10.9. The predicted molar refractivity (Wildman–Crippen MR) is 73.5 cm³/mol. The van der Waals surface area contributed by atoms with Crippen molar-refractivity contribution < 1.29 is 55.1 Å². The van der Waals surface area contributed by atoms with Crippen molar-refractivity contribution in [2.24, 2.45) is 0 Å². The molecule has 0 aromatic heterocycles. The summed E-state index contributed by atoms with van der Waals surface area (Å²) in [5.74, 6) is 0. The molecule has 2 rings (SSSR count). The van der Waals surface area contributed by atoms with Gasteiger partial charge in [-0.2, -0.15) is 0 Å². The van der Waals surface area contributed by atoms with Crippen LogP contribution in [0.2, 0.25) is 0 Å². The van der Waals surface area contributed by atoms with Crippen LogP contribution in [0, 0.1) is 0 Å². The van der Waals surface area contributed by atoms with Gasteiger partial charge < -0.3 is 55.1 Å². The van der Waals surface area contributed by atoms with Crippen LogP contribution in [-0.2, 0) is 14.2 Å². The van der Waals surface area contributed by atoms with E-state index in [4.69, 9.17) is 19.3 Å². The lowest BCUT2D eigenvalue weighted by Crippen LogP contribution is -2.82. The predicted octanol–water partition coefficient (Wildman–Crippen LogP) is -5.35. The number of aliphatic hydroxyl groups is 8. The zero-order chi connectivity index (χ0) is 18.3. The average Bonchev–Trinajstić information content (AvgIpc) is 2.58. The molecule has 0 amide bonds. The zero-order valence-electron chi connectivity index (χ0n) is 13.0. The van der Waals surface area contributed by atoms with Gasteiger partial charge in [0.15, 0.2) is 17.5 Å². The van der Waals surface area contributed by atoms with Crippen molar-refractivity contribution >= 4 is 0 Å². The van der Waals surface area contributed by atoms with Gasteiger partial charge >= 0.3 is 0 Å². The summed E-state index contributed by atoms with van der Waals surface area (Å²) in [6.45, 7) is -2.28. The van der Waals surface area contributed by atoms with Crippen LogP contribution in [-0.4, -0.2) is 122 Å². The highest BCUT2D eigenvalue weighted by Crippen LogP contribution is 2.43. The average molecular weight is 356 g/mol. The Labute approximate surface area is 137 Å². The first-order valence-corrected chi connectivity index (χ1v) is 7.37. The van der Waals surface area contributed by atoms with Crippen molar-refractivity contribution in [1.29, 1.82) is 0 Å². The summed E-state index contributed by atoms with van der Waals surface area (Å²) in [4.78, 5) is 0. The molecule has 0 aromatic carbocycles. The molecule has 2 saturated heterocycles. The second kappa shape index (κ2) is 7.05. The van der Waals surface area contributed by atoms with E-state index < -0.39 is 73.9 Å². The molecule has 0 saturated carbocycles. The molecule has 8 N–H and O–H groups in total. The van der Waals surface area contributed by atoms with Gasteiger partial charge in [0.25, 0.3) is 0 Å². The summed E-state index contributed by atoms with van der Waals surface area (Å²) < 4.78 is 14.9. The van der Waals surface area contributed by atoms with E-state index >= 15 is 0 Å². The van der Waals surface area contributed by atoms with E-state index in [1.165, 1.54) is 0 Å². The molecule has 11 nitrogen and oxygen atoms in total. The molecule has 0 radical (unpaired) electrons. The second-order valence-electron chi connectivity index (χ2n) is 6.07. The molecule has 142 valence electrons. The maximum Gasteiger partial charge on any atom is 0.186 e. The van der Waals surface area contributed by atoms with Gasteiger partial charge in [-0.05, 0) is 0 Å². The molecule has 0 aromatic rings. The molecule has 0 spiro atoms. The highest BCUT2D eigenvalue weighted by Gasteiger charge is 2.70. The number of methoxy groups -OCH3 is 1. The first-order valence-electron chi connectivity index (χ1n) is 7.37. The van der Waals surface area contributed by atoms with Gasteiger partial charge in [0.05, 0.1) is 19.8 Å². The Morgan fingerprint density at radius 1 is 0.958 bits per heavy atom. The topological polar surface area (TPSA) is 190 Å². The molecule has 0 bridgehead atoms. The summed E-state index contributed by atoms with van der Waals surface area (Å²) in [5, 5.41) is 80.9. The van der Waals surface area contributed by atoms with E-state index in [-0.39, 0.29) is 0 Å². The van der Waals surface area contributed by atoms with Crippen molar-refractivity contribution in [2.75, 3.05) is 26.9 Å². The smallest absolute Gasteiger partial charge is 0.186 e. The summed E-state index contributed by atoms with van der Waals surface area (Å²) >= 11 is 0. The van der Waals surface area contributed by atoms with Gasteiger partial charge in [0.1, 0.15) is 36.6 Å². The minimum absolute atomic E-state index is 0.666. The largest absolute Gasteiger partial charge is 0.394 e. The van der Waals surface area contributed by atoms with Crippen LogP contribution in [0.15, 0.2) is 0 Å². The third-order valence-corrected chi connectivity index (χ3v) is 4.82. The monoisotopic (exact) mass is 356 g/mol. The van der Waals surface area contributed by atoms with Gasteiger partial charge in [-0.15, -0.1) is 0 Å². The first-order chi connectivity index (χ1) is 11.2. The van der Waals surface area contributed by atoms with Crippen LogP contribution in [0.5, 0.6) is 0 Å². The Morgan fingerprint density at radius 2 is 1.54 bits per heavy atom. The molecule has 0 aliphatic carbocycles. The quantitative estimate of drug-likeness (QED) is 0.240. The summed E-state index contributed by atoms with van der Waals surface area (Å²) in [7, 11) is 1.12. The molecule has 2 fully saturated rings. The minimum atomic E-state index is -2.87. The molecule has 2 aliphatic rings. The van der Waals surface area contributed by atoms with Crippen LogP contribution < -0.4 is 0 Å². The molecule has 0 unspecified atom stereocenters. The van der Waals surface area contributed by atoms with E-state index in [0.717, 1.165) is 7.11 Å².